The van der Waals surface area contributed by atoms with Crippen LogP contribution in [-0.4, -0.2) is 97.0 Å². The number of amides is 1. The molecule has 11 nitrogen and oxygen atoms in total. The van der Waals surface area contributed by atoms with Crippen LogP contribution in [0.5, 0.6) is 5.75 Å². The molecule has 3 heterocycles. The molecular weight excluding hydrogens is 674 g/mol. The second kappa shape index (κ2) is 17.5. The highest BCUT2D eigenvalue weighted by molar-refractivity contribution is 7.85. The zero-order valence-corrected chi connectivity index (χ0v) is 30.6. The summed E-state index contributed by atoms with van der Waals surface area (Å²) < 4.78 is 53.1. The van der Waals surface area contributed by atoms with Gasteiger partial charge in [-0.1, -0.05) is 42.5 Å². The lowest BCUT2D eigenvalue weighted by molar-refractivity contribution is -0.137. The predicted octanol–water partition coefficient (Wildman–Crippen LogP) is 5.65. The van der Waals surface area contributed by atoms with Crippen molar-refractivity contribution in [3.8, 4) is 5.75 Å². The maximum absolute atomic E-state index is 14.2. The number of halogens is 1. The topological polar surface area (TPSA) is 126 Å². The van der Waals surface area contributed by atoms with Crippen LogP contribution in [-0.2, 0) is 39.2 Å². The number of rotatable bonds is 14. The molecule has 0 bridgehead atoms. The molecule has 51 heavy (non-hydrogen) atoms. The van der Waals surface area contributed by atoms with Gasteiger partial charge in [-0.3, -0.25) is 9.35 Å². The van der Waals surface area contributed by atoms with Crippen molar-refractivity contribution in [1.82, 2.24) is 19.4 Å². The van der Waals surface area contributed by atoms with Gasteiger partial charge in [-0.2, -0.15) is 8.42 Å². The molecule has 2 aliphatic heterocycles. The van der Waals surface area contributed by atoms with Crippen molar-refractivity contribution in [2.75, 3.05) is 58.1 Å². The van der Waals surface area contributed by atoms with E-state index in [0.717, 1.165) is 85.7 Å². The number of carbonyl (C=O) groups excluding carboxylic acids is 1. The lowest BCUT2D eigenvalue weighted by atomic mass is 9.77. The van der Waals surface area contributed by atoms with Crippen molar-refractivity contribution < 1.29 is 31.6 Å². The summed E-state index contributed by atoms with van der Waals surface area (Å²) in [5.74, 6) is 1.64. The molecule has 13 heteroatoms. The number of hydrogen-bond donors (Lipinski definition) is 2. The van der Waals surface area contributed by atoms with Crippen molar-refractivity contribution in [1.29, 1.82) is 0 Å². The molecule has 6 rings (SSSR count). The van der Waals surface area contributed by atoms with E-state index in [1.165, 1.54) is 12.1 Å². The van der Waals surface area contributed by atoms with Gasteiger partial charge >= 0.3 is 0 Å². The fourth-order valence-corrected chi connectivity index (χ4v) is 7.13. The molecule has 2 aliphatic rings. The van der Waals surface area contributed by atoms with E-state index >= 15 is 0 Å². The lowest BCUT2D eigenvalue weighted by Crippen LogP contribution is -2.43. The van der Waals surface area contributed by atoms with E-state index in [0.29, 0.717) is 45.0 Å². The minimum Gasteiger partial charge on any atom is -0.496 e. The Balaban J connectivity index is 0.000000943. The van der Waals surface area contributed by atoms with E-state index in [1.54, 1.807) is 7.11 Å². The van der Waals surface area contributed by atoms with Gasteiger partial charge in [-0.25, -0.2) is 9.37 Å². The molecule has 1 atom stereocenters. The Kier molecular flexibility index (Phi) is 13.1. The second-order valence-electron chi connectivity index (χ2n) is 13.4. The van der Waals surface area contributed by atoms with Crippen molar-refractivity contribution in [3.63, 3.8) is 0 Å². The molecule has 276 valence electrons. The molecule has 0 spiro atoms. The average Bonchev–Trinajstić information content (AvgIpc) is 3.61. The third kappa shape index (κ3) is 10.5. The van der Waals surface area contributed by atoms with Crippen LogP contribution in [0.3, 0.4) is 0 Å². The number of piperidine rings is 1. The summed E-state index contributed by atoms with van der Waals surface area (Å²) in [5.41, 5.74) is 3.61. The first-order valence-electron chi connectivity index (χ1n) is 17.6. The Morgan fingerprint density at radius 3 is 2.39 bits per heavy atom. The van der Waals surface area contributed by atoms with Gasteiger partial charge in [0.15, 0.2) is 0 Å². The third-order valence-electron chi connectivity index (χ3n) is 9.76. The van der Waals surface area contributed by atoms with Gasteiger partial charge in [0.1, 0.15) is 11.6 Å². The number of nitrogens with one attached hydrogen (secondary N) is 1. The number of benzene rings is 3. The number of ether oxygens (including phenoxy) is 2. The molecule has 4 aromatic rings. The molecule has 2 fully saturated rings. The average molecular weight is 724 g/mol. The van der Waals surface area contributed by atoms with Crippen LogP contribution >= 0.6 is 0 Å². The molecule has 2 N–H and O–H groups in total. The number of imidazole rings is 1. The summed E-state index contributed by atoms with van der Waals surface area (Å²) in [6.45, 7) is 8.14. The Morgan fingerprint density at radius 2 is 1.69 bits per heavy atom. The van der Waals surface area contributed by atoms with Gasteiger partial charge in [0, 0.05) is 50.9 Å². The quantitative estimate of drug-likeness (QED) is 0.125. The van der Waals surface area contributed by atoms with Gasteiger partial charge in [-0.05, 0) is 81.5 Å². The number of fused-ring (bicyclic) bond motifs is 1. The number of anilines is 1. The molecule has 0 radical (unpaired) electrons. The first-order chi connectivity index (χ1) is 24.5. The summed E-state index contributed by atoms with van der Waals surface area (Å²) >= 11 is 0. The fraction of sp³-hybridized carbons (Fsp3) is 0.474. The fourth-order valence-electron chi connectivity index (χ4n) is 7.13. The number of hydrogen-bond acceptors (Lipinski definition) is 8. The Labute approximate surface area is 300 Å². The number of aromatic nitrogens is 2. The standard InChI is InChI=1S/C37H46FN5O3.CH4O3S/c1-3-46-25-24-43-33-10-6-5-9-32(33)40-36(43)39-31-16-20-41(21-17-31)22-18-37(26-28-12-14-30(38)15-13-28)19-23-42(35(37)44)27-29-8-4-7-11-34(29)45-2;1-5(2,3)4/h4-15,31H,3,16-27H2,1-2H3,(H,39,40);1H3,(H,2,3,4). The van der Waals surface area contributed by atoms with Crippen molar-refractivity contribution in [3.05, 3.63) is 89.7 Å². The number of nitrogens with zero attached hydrogens (tertiary/aromatic N) is 4. The predicted molar refractivity (Wildman–Crippen MR) is 197 cm³/mol. The molecule has 3 aromatic carbocycles. The van der Waals surface area contributed by atoms with E-state index in [-0.39, 0.29) is 11.7 Å². The highest BCUT2D eigenvalue weighted by atomic mass is 32.2. The van der Waals surface area contributed by atoms with Crippen LogP contribution < -0.4 is 10.1 Å². The first-order valence-corrected chi connectivity index (χ1v) is 19.4. The van der Waals surface area contributed by atoms with Crippen LogP contribution in [0.4, 0.5) is 10.3 Å². The maximum atomic E-state index is 14.2. The minimum atomic E-state index is -3.67. The van der Waals surface area contributed by atoms with E-state index in [4.69, 9.17) is 19.0 Å². The highest BCUT2D eigenvalue weighted by Gasteiger charge is 2.46. The molecule has 1 unspecified atom stereocenters. The van der Waals surface area contributed by atoms with Crippen molar-refractivity contribution in [2.45, 2.75) is 58.2 Å². The van der Waals surface area contributed by atoms with Gasteiger partial charge in [-0.15, -0.1) is 0 Å². The van der Waals surface area contributed by atoms with Gasteiger partial charge in [0.05, 0.1) is 36.4 Å². The minimum absolute atomic E-state index is 0.185. The molecule has 1 amide bonds. The van der Waals surface area contributed by atoms with Gasteiger partial charge in [0.25, 0.3) is 10.1 Å². The van der Waals surface area contributed by atoms with E-state index in [1.807, 2.05) is 54.3 Å². The zero-order valence-electron chi connectivity index (χ0n) is 29.8. The molecule has 0 aliphatic carbocycles. The van der Waals surface area contributed by atoms with Crippen LogP contribution in [0, 0.1) is 11.2 Å². The monoisotopic (exact) mass is 723 g/mol. The van der Waals surface area contributed by atoms with E-state index in [9.17, 15) is 17.6 Å². The number of likely N-dealkylation sites (tertiary alicyclic amines) is 2. The largest absolute Gasteiger partial charge is 0.496 e. The second-order valence-corrected chi connectivity index (χ2v) is 14.9. The highest BCUT2D eigenvalue weighted by Crippen LogP contribution is 2.40. The van der Waals surface area contributed by atoms with E-state index < -0.39 is 15.5 Å². The number of methoxy groups -OCH3 is 1. The van der Waals surface area contributed by atoms with Crippen molar-refractivity contribution in [2.24, 2.45) is 5.41 Å². The zero-order chi connectivity index (χ0) is 36.4. The van der Waals surface area contributed by atoms with Gasteiger partial charge < -0.3 is 29.2 Å². The molecule has 1 aromatic heterocycles. The summed E-state index contributed by atoms with van der Waals surface area (Å²) in [5, 5.41) is 3.74. The number of para-hydroxylation sites is 3. The summed E-state index contributed by atoms with van der Waals surface area (Å²) in [6.07, 6.45) is 4.91. The van der Waals surface area contributed by atoms with E-state index in [2.05, 4.69) is 33.0 Å². The van der Waals surface area contributed by atoms with Gasteiger partial charge in [0.2, 0.25) is 11.9 Å². The Hall–Kier alpha value is -4.04. The summed E-state index contributed by atoms with van der Waals surface area (Å²) in [7, 11) is -2.00. The Bertz CT molecular complexity index is 1840. The SMILES string of the molecule is CCOCCn1c(NC2CCN(CCC3(Cc4ccc(F)cc4)CCN(Cc4ccccc4OC)C3=O)CC2)nc2ccccc21.CS(=O)(=O)O. The molecule has 0 saturated carbocycles. The normalized spacial score (nSPS) is 18.5. The van der Waals surface area contributed by atoms with Crippen LogP contribution in [0.15, 0.2) is 72.8 Å². The maximum Gasteiger partial charge on any atom is 0.261 e. The summed E-state index contributed by atoms with van der Waals surface area (Å²) in [4.78, 5) is 23.6. The first kappa shape index (κ1) is 38.2. The number of carbonyl (C=O) groups is 1. The van der Waals surface area contributed by atoms with Crippen molar-refractivity contribution >= 4 is 33.0 Å². The van der Waals surface area contributed by atoms with Crippen LogP contribution in [0.25, 0.3) is 11.0 Å². The Morgan fingerprint density at radius 1 is 1.00 bits per heavy atom. The third-order valence-corrected chi connectivity index (χ3v) is 9.76. The van der Waals surface area contributed by atoms with Crippen LogP contribution in [0.2, 0.25) is 0 Å². The summed E-state index contributed by atoms with van der Waals surface area (Å²) in [6, 6.07) is 23.1. The smallest absolute Gasteiger partial charge is 0.261 e. The molecular formula is C38H50FN5O6S. The molecule has 2 saturated heterocycles. The van der Waals surface area contributed by atoms with Crippen LogP contribution in [0.1, 0.15) is 43.7 Å². The lowest BCUT2D eigenvalue weighted by Gasteiger charge is -2.35.